The Labute approximate surface area is 95.9 Å². The molecule has 0 heterocycles. The summed E-state index contributed by atoms with van der Waals surface area (Å²) in [6.45, 7) is 5.95. The molecule has 0 amide bonds. The van der Waals surface area contributed by atoms with Gasteiger partial charge in [0.25, 0.3) is 0 Å². The first kappa shape index (κ1) is 12.7. The number of allylic oxidation sites excluding steroid dienone is 1. The van der Waals surface area contributed by atoms with E-state index in [0.29, 0.717) is 17.9 Å². The van der Waals surface area contributed by atoms with Crippen molar-refractivity contribution in [2.24, 2.45) is 5.73 Å². The van der Waals surface area contributed by atoms with Gasteiger partial charge in [0.15, 0.2) is 0 Å². The molecule has 0 saturated carbocycles. The molecule has 88 valence electrons. The number of nitrogens with two attached hydrogens (primary N) is 1. The van der Waals surface area contributed by atoms with Crippen molar-refractivity contribution in [3.05, 3.63) is 42.2 Å². The quantitative estimate of drug-likeness (QED) is 0.593. The van der Waals surface area contributed by atoms with Crippen molar-refractivity contribution in [1.29, 1.82) is 0 Å². The van der Waals surface area contributed by atoms with Crippen LogP contribution in [0.5, 0.6) is 5.75 Å². The molecule has 0 saturated heterocycles. The highest BCUT2D eigenvalue weighted by Gasteiger charge is 2.07. The molecule has 0 bridgehead atoms. The van der Waals surface area contributed by atoms with E-state index in [1.807, 2.05) is 6.08 Å². The second-order valence-corrected chi connectivity index (χ2v) is 3.75. The molecule has 0 aromatic heterocycles. The van der Waals surface area contributed by atoms with Crippen molar-refractivity contribution in [3.63, 3.8) is 0 Å². The number of halogens is 1. The monoisotopic (exact) mass is 223 g/mol. The van der Waals surface area contributed by atoms with Crippen LogP contribution in [0.1, 0.15) is 31.4 Å². The first-order valence-electron chi connectivity index (χ1n) is 5.44. The van der Waals surface area contributed by atoms with Crippen LogP contribution in [0.2, 0.25) is 0 Å². The Hall–Kier alpha value is -1.35. The van der Waals surface area contributed by atoms with Gasteiger partial charge in [-0.15, -0.1) is 6.58 Å². The maximum Gasteiger partial charge on any atom is 0.131 e. The molecular weight excluding hydrogens is 205 g/mol. The van der Waals surface area contributed by atoms with Crippen molar-refractivity contribution in [2.45, 2.75) is 25.8 Å². The van der Waals surface area contributed by atoms with E-state index in [1.54, 1.807) is 19.1 Å². The summed E-state index contributed by atoms with van der Waals surface area (Å²) in [7, 11) is 0. The van der Waals surface area contributed by atoms with Gasteiger partial charge in [0.1, 0.15) is 11.6 Å². The van der Waals surface area contributed by atoms with Crippen LogP contribution < -0.4 is 10.5 Å². The Morgan fingerprint density at radius 3 is 2.88 bits per heavy atom. The fraction of sp³-hybridized carbons (Fsp3) is 0.385. The smallest absolute Gasteiger partial charge is 0.131 e. The lowest BCUT2D eigenvalue weighted by atomic mass is 10.1. The molecule has 16 heavy (non-hydrogen) atoms. The molecule has 2 N–H and O–H groups in total. The van der Waals surface area contributed by atoms with E-state index in [9.17, 15) is 4.39 Å². The maximum absolute atomic E-state index is 13.5. The maximum atomic E-state index is 13.5. The van der Waals surface area contributed by atoms with Gasteiger partial charge >= 0.3 is 0 Å². The van der Waals surface area contributed by atoms with Crippen molar-refractivity contribution in [3.8, 4) is 5.75 Å². The number of hydrogen-bond donors (Lipinski definition) is 1. The van der Waals surface area contributed by atoms with E-state index >= 15 is 0 Å². The molecule has 1 aromatic rings. The van der Waals surface area contributed by atoms with Crippen LogP contribution in [0.25, 0.3) is 0 Å². The molecule has 1 rings (SSSR count). The molecule has 0 spiro atoms. The highest BCUT2D eigenvalue weighted by Crippen LogP contribution is 2.20. The van der Waals surface area contributed by atoms with Crippen LogP contribution in [0.4, 0.5) is 4.39 Å². The van der Waals surface area contributed by atoms with Crippen LogP contribution in [-0.2, 0) is 0 Å². The van der Waals surface area contributed by atoms with Gasteiger partial charge in [0.05, 0.1) is 6.61 Å². The third-order valence-electron chi connectivity index (χ3n) is 2.28. The number of ether oxygens (including phenoxy) is 1. The first-order chi connectivity index (χ1) is 7.65. The lowest BCUT2D eigenvalue weighted by Gasteiger charge is -2.10. The molecule has 0 aliphatic rings. The molecule has 0 radical (unpaired) electrons. The van der Waals surface area contributed by atoms with E-state index in [4.69, 9.17) is 10.5 Å². The molecule has 2 nitrogen and oxygen atoms in total. The summed E-state index contributed by atoms with van der Waals surface area (Å²) < 4.78 is 18.9. The van der Waals surface area contributed by atoms with E-state index in [2.05, 4.69) is 6.58 Å². The van der Waals surface area contributed by atoms with Crippen LogP contribution in [-0.4, -0.2) is 6.61 Å². The van der Waals surface area contributed by atoms with Crippen molar-refractivity contribution in [1.82, 2.24) is 0 Å². The van der Waals surface area contributed by atoms with Gasteiger partial charge in [-0.1, -0.05) is 12.1 Å². The van der Waals surface area contributed by atoms with E-state index in [0.717, 1.165) is 12.8 Å². The summed E-state index contributed by atoms with van der Waals surface area (Å²) in [6.07, 6.45) is 3.63. The Morgan fingerprint density at radius 1 is 1.56 bits per heavy atom. The molecule has 1 aromatic carbocycles. The zero-order valence-corrected chi connectivity index (χ0v) is 9.58. The topological polar surface area (TPSA) is 35.2 Å². The van der Waals surface area contributed by atoms with Crippen LogP contribution in [0.3, 0.4) is 0 Å². The average molecular weight is 223 g/mol. The molecule has 3 heteroatoms. The number of benzene rings is 1. The minimum Gasteiger partial charge on any atom is -0.493 e. The largest absolute Gasteiger partial charge is 0.493 e. The van der Waals surface area contributed by atoms with Gasteiger partial charge in [-0.25, -0.2) is 4.39 Å². The standard InChI is InChI=1S/C13H18FNO/c1-3-4-5-8-16-11-6-7-12(10(2)15)13(14)9-11/h3,6-7,9-10H,1,4-5,8,15H2,2H3/t10-/m1/s1. The van der Waals surface area contributed by atoms with Crippen LogP contribution in [0, 0.1) is 5.82 Å². The van der Waals surface area contributed by atoms with Crippen LogP contribution >= 0.6 is 0 Å². The average Bonchev–Trinajstić information content (AvgIpc) is 2.24. The van der Waals surface area contributed by atoms with E-state index in [-0.39, 0.29) is 11.9 Å². The van der Waals surface area contributed by atoms with E-state index < -0.39 is 0 Å². The third-order valence-corrected chi connectivity index (χ3v) is 2.28. The van der Waals surface area contributed by atoms with Gasteiger partial charge < -0.3 is 10.5 Å². The predicted octanol–water partition coefficient (Wildman–Crippen LogP) is 3.19. The van der Waals surface area contributed by atoms with Gasteiger partial charge in [0.2, 0.25) is 0 Å². The van der Waals surface area contributed by atoms with Crippen molar-refractivity contribution < 1.29 is 9.13 Å². The molecule has 0 fully saturated rings. The van der Waals surface area contributed by atoms with Gasteiger partial charge in [-0.05, 0) is 25.8 Å². The summed E-state index contributed by atoms with van der Waals surface area (Å²) in [5.74, 6) is 0.238. The van der Waals surface area contributed by atoms with Crippen LogP contribution in [0.15, 0.2) is 30.9 Å². The highest BCUT2D eigenvalue weighted by molar-refractivity contribution is 5.30. The summed E-state index contributed by atoms with van der Waals surface area (Å²) in [5, 5.41) is 0. The Bertz CT molecular complexity index is 350. The molecule has 1 atom stereocenters. The predicted molar refractivity (Wildman–Crippen MR) is 63.9 cm³/mol. The SMILES string of the molecule is C=CCCCOc1ccc([C@@H](C)N)c(F)c1. The fourth-order valence-electron chi connectivity index (χ4n) is 1.38. The summed E-state index contributed by atoms with van der Waals surface area (Å²) in [5.41, 5.74) is 6.12. The number of hydrogen-bond acceptors (Lipinski definition) is 2. The van der Waals surface area contributed by atoms with Gasteiger partial charge in [0, 0.05) is 17.7 Å². The van der Waals surface area contributed by atoms with Crippen molar-refractivity contribution in [2.75, 3.05) is 6.61 Å². The summed E-state index contributed by atoms with van der Waals surface area (Å²) in [4.78, 5) is 0. The fourth-order valence-corrected chi connectivity index (χ4v) is 1.38. The zero-order valence-electron chi connectivity index (χ0n) is 9.58. The molecule has 0 aliphatic carbocycles. The lowest BCUT2D eigenvalue weighted by molar-refractivity contribution is 0.310. The third kappa shape index (κ3) is 3.66. The Balaban J connectivity index is 2.56. The molecular formula is C13H18FNO. The second kappa shape index (κ2) is 6.28. The van der Waals surface area contributed by atoms with Gasteiger partial charge in [-0.3, -0.25) is 0 Å². The summed E-state index contributed by atoms with van der Waals surface area (Å²) >= 11 is 0. The van der Waals surface area contributed by atoms with E-state index in [1.165, 1.54) is 6.07 Å². The molecule has 0 aliphatic heterocycles. The minimum atomic E-state index is -0.309. The number of unbranched alkanes of at least 4 members (excludes halogenated alkanes) is 1. The van der Waals surface area contributed by atoms with Gasteiger partial charge in [-0.2, -0.15) is 0 Å². The first-order valence-corrected chi connectivity index (χ1v) is 5.44. The minimum absolute atomic E-state index is 0.296. The second-order valence-electron chi connectivity index (χ2n) is 3.75. The Morgan fingerprint density at radius 2 is 2.31 bits per heavy atom. The van der Waals surface area contributed by atoms with Crippen molar-refractivity contribution >= 4 is 0 Å². The highest BCUT2D eigenvalue weighted by atomic mass is 19.1. The zero-order chi connectivity index (χ0) is 12.0. The molecule has 0 unspecified atom stereocenters. The Kier molecular flexibility index (Phi) is 4.99. The summed E-state index contributed by atoms with van der Waals surface area (Å²) in [6, 6.07) is 4.50. The number of rotatable bonds is 6. The normalized spacial score (nSPS) is 12.2. The lowest BCUT2D eigenvalue weighted by Crippen LogP contribution is -2.07.